The van der Waals surface area contributed by atoms with Crippen LogP contribution in [0.15, 0.2) is 11.8 Å². The van der Waals surface area contributed by atoms with E-state index in [9.17, 15) is 15.2 Å². The van der Waals surface area contributed by atoms with E-state index in [1.165, 1.54) is 16.7 Å². The molecular weight excluding hydrogens is 593 g/mol. The van der Waals surface area contributed by atoms with Gasteiger partial charge in [-0.25, -0.2) is 4.79 Å². The molecule has 0 aliphatic rings. The molecule has 1 radical (unpaired) electrons. The van der Waals surface area contributed by atoms with Gasteiger partial charge in [0.15, 0.2) is 0 Å². The second-order valence-corrected chi connectivity index (χ2v) is 7.00. The number of rotatable bonds is 10. The maximum atomic E-state index is 12.0. The van der Waals surface area contributed by atoms with Crippen molar-refractivity contribution in [2.75, 3.05) is 13.2 Å². The van der Waals surface area contributed by atoms with Crippen LogP contribution in [-0.4, -0.2) is 34.3 Å². The molecule has 159 valence electrons. The number of aromatic nitrogens is 2. The molecule has 30 heavy (non-hydrogen) atoms. The van der Waals surface area contributed by atoms with Gasteiger partial charge in [-0.1, -0.05) is 13.8 Å². The Morgan fingerprint density at radius 2 is 1.90 bits per heavy atom. The number of carbonyl (C=O) groups is 1. The van der Waals surface area contributed by atoms with E-state index in [1.54, 1.807) is 13.0 Å². The van der Waals surface area contributed by atoms with Gasteiger partial charge in [-0.15, -0.1) is 0 Å². The number of aryl methyl sites for hydroxylation is 1. The minimum atomic E-state index is -0.600. The van der Waals surface area contributed by atoms with Crippen LogP contribution in [0.1, 0.15) is 66.5 Å². The number of hydrogen-bond donors (Lipinski definition) is 3. The molecular formula is C23H31AcN3O3. The molecule has 2 aromatic rings. The van der Waals surface area contributed by atoms with Crippen LogP contribution in [0.5, 0.6) is 0 Å². The number of nitriles is 1. The van der Waals surface area contributed by atoms with Crippen LogP contribution in [0, 0.1) is 62.3 Å². The normalized spacial score (nSPS) is 11.1. The fourth-order valence-electron chi connectivity index (χ4n) is 3.80. The molecule has 2 heterocycles. The molecule has 0 atom stereocenters. The van der Waals surface area contributed by atoms with Crippen molar-refractivity contribution in [3.63, 3.8) is 0 Å². The maximum Gasteiger partial charge on any atom is 0.348 e. The molecule has 0 fully saturated rings. The Bertz CT molecular complexity index is 919. The largest absolute Gasteiger partial charge is 0.462 e. The summed E-state index contributed by atoms with van der Waals surface area (Å²) in [5.41, 5.74) is 7.80. The van der Waals surface area contributed by atoms with E-state index >= 15 is 0 Å². The van der Waals surface area contributed by atoms with E-state index in [2.05, 4.69) is 30.7 Å². The van der Waals surface area contributed by atoms with Crippen LogP contribution >= 0.6 is 0 Å². The molecule has 0 amide bonds. The summed E-state index contributed by atoms with van der Waals surface area (Å²) >= 11 is 0. The Morgan fingerprint density at radius 3 is 2.47 bits per heavy atom. The number of H-pyrrole nitrogens is 2. The van der Waals surface area contributed by atoms with Crippen molar-refractivity contribution >= 4 is 12.0 Å². The third kappa shape index (κ3) is 6.33. The van der Waals surface area contributed by atoms with Crippen molar-refractivity contribution in [3.8, 4) is 6.07 Å². The number of ether oxygens (including phenoxy) is 1. The Labute approximate surface area is 214 Å². The first-order valence-corrected chi connectivity index (χ1v) is 10.3. The first-order valence-electron chi connectivity index (χ1n) is 10.3. The summed E-state index contributed by atoms with van der Waals surface area (Å²) in [7, 11) is 0. The smallest absolute Gasteiger partial charge is 0.348 e. The van der Waals surface area contributed by atoms with Gasteiger partial charge in [-0.3, -0.25) is 0 Å². The van der Waals surface area contributed by atoms with Crippen LogP contribution < -0.4 is 0 Å². The average molecular weight is 625 g/mol. The fourth-order valence-corrected chi connectivity index (χ4v) is 3.80. The molecule has 0 saturated carbocycles. The Morgan fingerprint density at radius 1 is 1.20 bits per heavy atom. The van der Waals surface area contributed by atoms with Gasteiger partial charge in [0.25, 0.3) is 0 Å². The van der Waals surface area contributed by atoms with Crippen molar-refractivity contribution < 1.29 is 58.7 Å². The first kappa shape index (κ1) is 26.7. The Balaban J connectivity index is 0.00000450. The molecule has 2 rings (SSSR count). The van der Waals surface area contributed by atoms with Crippen LogP contribution in [0.3, 0.4) is 0 Å². The SMILES string of the molecule is CCOC(=O)/C(C#N)=C/c1[nH]c(Cc2[nH]cc(C)c2CCCO)c(CC)c1CC.[Ac]. The standard InChI is InChI=1S/C23H31N3O3.Ac/c1-5-17-18(6-2)22(12-20-19(9-8-10-27)15(4)14-25-20)26-21(17)11-16(13-24)23(28)29-7-3;/h11,14,25-27H,5-10,12H2,1-4H3;/b16-11+;. The predicted molar refractivity (Wildman–Crippen MR) is 114 cm³/mol. The van der Waals surface area contributed by atoms with Crippen molar-refractivity contribution in [2.24, 2.45) is 0 Å². The van der Waals surface area contributed by atoms with Gasteiger partial charge in [0.05, 0.1) is 6.61 Å². The molecule has 0 bridgehead atoms. The molecule has 0 spiro atoms. The van der Waals surface area contributed by atoms with Crippen molar-refractivity contribution in [1.29, 1.82) is 5.26 Å². The first-order chi connectivity index (χ1) is 14.0. The molecule has 3 N–H and O–H groups in total. The minimum absolute atomic E-state index is 0. The van der Waals surface area contributed by atoms with Crippen LogP contribution in [0.2, 0.25) is 0 Å². The number of esters is 1. The van der Waals surface area contributed by atoms with E-state index in [0.29, 0.717) is 6.42 Å². The zero-order valence-electron chi connectivity index (χ0n) is 18.4. The summed E-state index contributed by atoms with van der Waals surface area (Å²) in [5.74, 6) is -0.600. The van der Waals surface area contributed by atoms with Crippen molar-refractivity contribution in [2.45, 2.75) is 59.8 Å². The summed E-state index contributed by atoms with van der Waals surface area (Å²) in [6.45, 7) is 8.39. The number of aliphatic hydroxyl groups is 1. The number of aromatic amines is 2. The van der Waals surface area contributed by atoms with Gasteiger partial charge >= 0.3 is 5.97 Å². The van der Waals surface area contributed by atoms with Crippen LogP contribution in [0.4, 0.5) is 0 Å². The fraction of sp³-hybridized carbons (Fsp3) is 0.478. The monoisotopic (exact) mass is 624 g/mol. The molecule has 0 aliphatic heterocycles. The molecule has 7 heteroatoms. The van der Waals surface area contributed by atoms with Gasteiger partial charge in [-0.2, -0.15) is 5.26 Å². The summed E-state index contributed by atoms with van der Waals surface area (Å²) in [6, 6.07) is 1.96. The van der Waals surface area contributed by atoms with Crippen LogP contribution in [0.25, 0.3) is 6.08 Å². The second-order valence-electron chi connectivity index (χ2n) is 7.00. The zero-order valence-corrected chi connectivity index (χ0v) is 23.1. The molecule has 0 aromatic carbocycles. The average Bonchev–Trinajstić information content (AvgIpc) is 3.23. The Hall–Kier alpha value is -1.34. The third-order valence-corrected chi connectivity index (χ3v) is 5.19. The van der Waals surface area contributed by atoms with Gasteiger partial charge < -0.3 is 19.8 Å². The quantitative estimate of drug-likeness (QED) is 0.213. The third-order valence-electron chi connectivity index (χ3n) is 5.19. The van der Waals surface area contributed by atoms with E-state index in [1.807, 2.05) is 12.3 Å². The van der Waals surface area contributed by atoms with E-state index in [4.69, 9.17) is 4.74 Å². The summed E-state index contributed by atoms with van der Waals surface area (Å²) < 4.78 is 4.99. The number of nitrogens with zero attached hydrogens (tertiary/aromatic N) is 1. The summed E-state index contributed by atoms with van der Waals surface area (Å²) in [4.78, 5) is 18.8. The van der Waals surface area contributed by atoms with Gasteiger partial charge in [0, 0.05) is 80.4 Å². The van der Waals surface area contributed by atoms with E-state index in [0.717, 1.165) is 48.3 Å². The van der Waals surface area contributed by atoms with Gasteiger partial charge in [0.1, 0.15) is 11.6 Å². The molecule has 0 unspecified atom stereocenters. The molecule has 2 aromatic heterocycles. The summed E-state index contributed by atoms with van der Waals surface area (Å²) in [6.07, 6.45) is 7.54. The topological polar surface area (TPSA) is 102 Å². The van der Waals surface area contributed by atoms with Gasteiger partial charge in [0.2, 0.25) is 0 Å². The number of nitrogens with one attached hydrogen (secondary N) is 2. The zero-order chi connectivity index (χ0) is 21.4. The minimum Gasteiger partial charge on any atom is -0.462 e. The van der Waals surface area contributed by atoms with E-state index < -0.39 is 5.97 Å². The van der Waals surface area contributed by atoms with Crippen molar-refractivity contribution in [1.82, 2.24) is 9.97 Å². The predicted octanol–water partition coefficient (Wildman–Crippen LogP) is 3.76. The molecule has 0 saturated heterocycles. The maximum absolute atomic E-state index is 12.0. The molecule has 0 aliphatic carbocycles. The number of hydrogen-bond acceptors (Lipinski definition) is 4. The van der Waals surface area contributed by atoms with Crippen LogP contribution in [-0.2, 0) is 35.2 Å². The number of carbonyl (C=O) groups excluding carboxylic acids is 1. The Kier molecular flexibility index (Phi) is 11.7. The summed E-state index contributed by atoms with van der Waals surface area (Å²) in [5, 5.41) is 18.6. The molecule has 6 nitrogen and oxygen atoms in total. The van der Waals surface area contributed by atoms with E-state index in [-0.39, 0.29) is 62.8 Å². The van der Waals surface area contributed by atoms with Crippen molar-refractivity contribution in [3.05, 3.63) is 51.1 Å². The van der Waals surface area contributed by atoms with Gasteiger partial charge in [-0.05, 0) is 67.9 Å². The second kappa shape index (κ2) is 13.2. The number of aliphatic hydroxyl groups excluding tert-OH is 1.